The zero-order valence-electron chi connectivity index (χ0n) is 18.8. The maximum absolute atomic E-state index is 12.8. The lowest BCUT2D eigenvalue weighted by atomic mass is 10.1. The van der Waals surface area contributed by atoms with Gasteiger partial charge in [0.15, 0.2) is 23.9 Å². The van der Waals surface area contributed by atoms with E-state index in [1.807, 2.05) is 12.1 Å². The monoisotopic (exact) mass is 463 g/mol. The smallest absolute Gasteiger partial charge is 0.262 e. The molecule has 0 aromatic heterocycles. The van der Waals surface area contributed by atoms with E-state index in [0.29, 0.717) is 34.1 Å². The Hall–Kier alpha value is -4.70. The van der Waals surface area contributed by atoms with Crippen molar-refractivity contribution in [3.63, 3.8) is 0 Å². The van der Waals surface area contributed by atoms with Gasteiger partial charge in [0.25, 0.3) is 5.91 Å². The molecule has 1 aliphatic rings. The van der Waals surface area contributed by atoms with Crippen LogP contribution >= 0.6 is 0 Å². The second kappa shape index (κ2) is 10.7. The van der Waals surface area contributed by atoms with Gasteiger partial charge in [0, 0.05) is 6.07 Å². The van der Waals surface area contributed by atoms with E-state index < -0.39 is 5.91 Å². The first-order chi connectivity index (χ1) is 16.4. The molecule has 1 heterocycles. The highest BCUT2D eigenvalue weighted by Crippen LogP contribution is 2.40. The van der Waals surface area contributed by atoms with E-state index in [4.69, 9.17) is 34.2 Å². The summed E-state index contributed by atoms with van der Waals surface area (Å²) in [6.07, 6.45) is 1.55. The topological polar surface area (TPSA) is 131 Å². The third kappa shape index (κ3) is 5.03. The van der Waals surface area contributed by atoms with E-state index in [1.54, 1.807) is 18.2 Å². The number of ether oxygens (including phenoxy) is 5. The van der Waals surface area contributed by atoms with Crippen molar-refractivity contribution < 1.29 is 33.3 Å². The molecule has 0 N–H and O–H groups in total. The van der Waals surface area contributed by atoms with Gasteiger partial charge in [-0.1, -0.05) is 0 Å². The molecule has 0 saturated heterocycles. The molecule has 0 spiro atoms. The third-order valence-corrected chi connectivity index (χ3v) is 4.86. The maximum atomic E-state index is 12.8. The number of hydrogen-bond acceptors (Lipinski definition) is 9. The van der Waals surface area contributed by atoms with Gasteiger partial charge in [-0.05, 0) is 35.9 Å². The molecular formula is C24H21N3O7. The number of fused-ring (bicyclic) bond motifs is 1. The first kappa shape index (κ1) is 24.0. The highest BCUT2D eigenvalue weighted by atomic mass is 16.5. The average molecular weight is 463 g/mol. The molecule has 0 saturated carbocycles. The van der Waals surface area contributed by atoms with Crippen LogP contribution in [-0.2, 0) is 4.79 Å². The van der Waals surface area contributed by atoms with Crippen molar-refractivity contribution in [2.24, 2.45) is 0 Å². The number of hydrogen-bond donors (Lipinski definition) is 0. The molecular weight excluding hydrogens is 442 g/mol. The molecule has 0 radical (unpaired) electrons. The summed E-state index contributed by atoms with van der Waals surface area (Å²) in [4.78, 5) is 26.0. The highest BCUT2D eigenvalue weighted by Gasteiger charge is 2.28. The number of allylic oxidation sites excluding steroid dienone is 1. The molecule has 0 fully saturated rings. The summed E-state index contributed by atoms with van der Waals surface area (Å²) >= 11 is 0. The van der Waals surface area contributed by atoms with Crippen molar-refractivity contribution in [3.8, 4) is 40.9 Å². The molecule has 10 nitrogen and oxygen atoms in total. The summed E-state index contributed by atoms with van der Waals surface area (Å²) < 4.78 is 27.2. The van der Waals surface area contributed by atoms with Gasteiger partial charge >= 0.3 is 0 Å². The summed E-state index contributed by atoms with van der Waals surface area (Å²) in [7, 11) is 4.48. The van der Waals surface area contributed by atoms with Crippen LogP contribution in [0.3, 0.4) is 0 Å². The number of amides is 1. The summed E-state index contributed by atoms with van der Waals surface area (Å²) in [5, 5.41) is 17.6. The number of Topliss-reactive ketones (excluding diaryl/α,β-unsaturated/α-hetero) is 1. The summed E-state index contributed by atoms with van der Waals surface area (Å²) in [5.41, 5.74) is 0.941. The van der Waals surface area contributed by atoms with Crippen molar-refractivity contribution in [3.05, 3.63) is 47.2 Å². The molecule has 0 unspecified atom stereocenters. The number of carbonyl (C=O) groups is 2. The first-order valence-electron chi connectivity index (χ1n) is 9.98. The van der Waals surface area contributed by atoms with E-state index in [2.05, 4.69) is 0 Å². The average Bonchev–Trinajstić information content (AvgIpc) is 3.15. The van der Waals surface area contributed by atoms with E-state index in [-0.39, 0.29) is 37.0 Å². The molecule has 34 heavy (non-hydrogen) atoms. The molecule has 0 atom stereocenters. The molecule has 0 aliphatic carbocycles. The van der Waals surface area contributed by atoms with Gasteiger partial charge in [0.05, 0.1) is 39.0 Å². The van der Waals surface area contributed by atoms with E-state index in [9.17, 15) is 9.59 Å². The Labute approximate surface area is 196 Å². The van der Waals surface area contributed by atoms with Gasteiger partial charge in [0.1, 0.15) is 24.6 Å². The van der Waals surface area contributed by atoms with Crippen LogP contribution in [0.2, 0.25) is 0 Å². The molecule has 3 rings (SSSR count). The van der Waals surface area contributed by atoms with Crippen LogP contribution in [-0.4, -0.2) is 57.6 Å². The molecule has 2 aromatic rings. The minimum atomic E-state index is -0.511. The van der Waals surface area contributed by atoms with Crippen LogP contribution in [0.4, 0.5) is 0 Å². The number of nitrogens with zero attached hydrogens (tertiary/aromatic N) is 3. The van der Waals surface area contributed by atoms with Gasteiger partial charge in [-0.3, -0.25) is 9.59 Å². The van der Waals surface area contributed by atoms with Crippen LogP contribution in [0.5, 0.6) is 28.7 Å². The molecule has 10 heteroatoms. The molecule has 1 aliphatic heterocycles. The van der Waals surface area contributed by atoms with Crippen molar-refractivity contribution in [2.75, 3.05) is 41.0 Å². The zero-order valence-corrected chi connectivity index (χ0v) is 18.8. The van der Waals surface area contributed by atoms with Gasteiger partial charge < -0.3 is 28.6 Å². The first-order valence-corrected chi connectivity index (χ1v) is 9.98. The van der Waals surface area contributed by atoms with Crippen molar-refractivity contribution in [1.82, 2.24) is 4.90 Å². The Bertz CT molecular complexity index is 1180. The minimum Gasteiger partial charge on any atom is -0.493 e. The van der Waals surface area contributed by atoms with Crippen molar-refractivity contribution in [1.29, 1.82) is 10.5 Å². The SMILES string of the molecule is COc1cc(C=C2Oc3cc(OCC(=O)N(CC#N)CC#N)ccc3C2=O)cc(OC)c1OC. The largest absolute Gasteiger partial charge is 0.493 e. The highest BCUT2D eigenvalue weighted by molar-refractivity contribution is 6.14. The van der Waals surface area contributed by atoms with Gasteiger partial charge in [-0.2, -0.15) is 10.5 Å². The van der Waals surface area contributed by atoms with Crippen molar-refractivity contribution >= 4 is 17.8 Å². The van der Waals surface area contributed by atoms with Crippen LogP contribution in [0.15, 0.2) is 36.1 Å². The van der Waals surface area contributed by atoms with E-state index >= 15 is 0 Å². The second-order valence-electron chi connectivity index (χ2n) is 6.91. The minimum absolute atomic E-state index is 0.0896. The Morgan fingerprint density at radius 2 is 1.68 bits per heavy atom. The quantitative estimate of drug-likeness (QED) is 0.407. The fourth-order valence-corrected chi connectivity index (χ4v) is 3.23. The molecule has 0 bridgehead atoms. The number of carbonyl (C=O) groups excluding carboxylic acids is 2. The maximum Gasteiger partial charge on any atom is 0.262 e. The number of ketones is 1. The van der Waals surface area contributed by atoms with Crippen LogP contribution < -0.4 is 23.7 Å². The lowest BCUT2D eigenvalue weighted by Crippen LogP contribution is -2.35. The molecule has 174 valence electrons. The standard InChI is InChI=1S/C24H21N3O7/c1-30-20-11-15(12-21(31-2)24(20)32-3)10-19-23(29)17-5-4-16(13-18(17)34-19)33-14-22(28)27(8-6-25)9-7-26/h4-5,10-13H,8-9,14H2,1-3H3. The Morgan fingerprint density at radius 1 is 1.03 bits per heavy atom. The predicted molar refractivity (Wildman–Crippen MR) is 119 cm³/mol. The van der Waals surface area contributed by atoms with Crippen LogP contribution in [0.1, 0.15) is 15.9 Å². The number of nitriles is 2. The van der Waals surface area contributed by atoms with Crippen LogP contribution in [0.25, 0.3) is 6.08 Å². The fraction of sp³-hybridized carbons (Fsp3) is 0.250. The normalized spacial score (nSPS) is 12.7. The van der Waals surface area contributed by atoms with E-state index in [1.165, 1.54) is 39.5 Å². The van der Waals surface area contributed by atoms with Gasteiger partial charge in [-0.15, -0.1) is 0 Å². The van der Waals surface area contributed by atoms with Crippen LogP contribution in [0, 0.1) is 22.7 Å². The lowest BCUT2D eigenvalue weighted by molar-refractivity contribution is -0.132. The van der Waals surface area contributed by atoms with Crippen molar-refractivity contribution in [2.45, 2.75) is 0 Å². The summed E-state index contributed by atoms with van der Waals surface area (Å²) in [6.45, 7) is -0.802. The molecule has 2 aromatic carbocycles. The third-order valence-electron chi connectivity index (χ3n) is 4.86. The fourth-order valence-electron chi connectivity index (χ4n) is 3.23. The Kier molecular flexibility index (Phi) is 7.57. The number of methoxy groups -OCH3 is 3. The number of benzene rings is 2. The number of rotatable bonds is 9. The second-order valence-corrected chi connectivity index (χ2v) is 6.91. The summed E-state index contributed by atoms with van der Waals surface area (Å²) in [5.74, 6) is 1.12. The van der Waals surface area contributed by atoms with E-state index in [0.717, 1.165) is 4.90 Å². The summed E-state index contributed by atoms with van der Waals surface area (Å²) in [6, 6.07) is 11.6. The zero-order chi connectivity index (χ0) is 24.7. The molecule has 1 amide bonds. The Balaban J connectivity index is 1.78. The predicted octanol–water partition coefficient (Wildman–Crippen LogP) is 2.58. The lowest BCUT2D eigenvalue weighted by Gasteiger charge is -2.16. The van der Waals surface area contributed by atoms with Gasteiger partial charge in [-0.25, -0.2) is 0 Å². The Morgan fingerprint density at radius 3 is 2.24 bits per heavy atom. The van der Waals surface area contributed by atoms with Gasteiger partial charge in [0.2, 0.25) is 11.5 Å².